The van der Waals surface area contributed by atoms with Crippen LogP contribution in [-0.2, 0) is 4.57 Å². The Morgan fingerprint density at radius 1 is 1.06 bits per heavy atom. The molecule has 1 fully saturated rings. The van der Waals surface area contributed by atoms with Crippen molar-refractivity contribution in [1.29, 1.82) is 5.41 Å². The van der Waals surface area contributed by atoms with Gasteiger partial charge in [0, 0.05) is 86.1 Å². The van der Waals surface area contributed by atoms with E-state index >= 15 is 0 Å². The van der Waals surface area contributed by atoms with Gasteiger partial charge in [0.05, 0.1) is 34.7 Å². The number of aromatic amines is 1. The van der Waals surface area contributed by atoms with Crippen LogP contribution in [0.3, 0.4) is 0 Å². The maximum Gasteiger partial charge on any atom is 0.231 e. The zero-order chi connectivity index (χ0) is 34.2. The van der Waals surface area contributed by atoms with Crippen LogP contribution in [0, 0.1) is 5.41 Å². The van der Waals surface area contributed by atoms with E-state index < -0.39 is 7.14 Å². The number of piperazine rings is 1. The van der Waals surface area contributed by atoms with E-state index in [1.807, 2.05) is 43.6 Å². The van der Waals surface area contributed by atoms with E-state index in [1.54, 1.807) is 39.0 Å². The van der Waals surface area contributed by atoms with Crippen LogP contribution in [-0.4, -0.2) is 95.7 Å². The number of methoxy groups -OCH3 is 1. The molecule has 2 atom stereocenters. The van der Waals surface area contributed by atoms with Crippen molar-refractivity contribution in [2.24, 2.45) is 0 Å². The SMILES string of the molecule is CN/C=C(\C=N)c1cc(Nc2nc(Nc3ccc4nccnc4c3P(C)(C)=O)c3cc[nH]c3n2)c(OC)cc1N1C[C@@H](C)N(C)[C@@H](C)C1. The Morgan fingerprint density at radius 2 is 1.81 bits per heavy atom. The average molecular weight is 668 g/mol. The number of benzene rings is 2. The van der Waals surface area contributed by atoms with Gasteiger partial charge in [0.15, 0.2) is 0 Å². The first-order valence-electron chi connectivity index (χ1n) is 15.8. The Kier molecular flexibility index (Phi) is 9.09. The molecule has 0 aliphatic carbocycles. The van der Waals surface area contributed by atoms with Gasteiger partial charge in [0.2, 0.25) is 5.95 Å². The standard InChI is InChI=1S/C34H42N11O2P/c1-20-18-45(19-21(2)44(20)4)28-15-29(47-5)27(14-24(28)22(16-35)17-36-3)41-34-42-32-23(10-11-39-32)33(43-34)40-26-9-8-25-30(38-13-12-37-25)31(26)48(6,7)46/h8-17,20-21,35-36H,18-19H2,1-7H3,(H3,39,40,41,42,43)/b22-17+,35-16?/t20-,21+. The van der Waals surface area contributed by atoms with Gasteiger partial charge in [-0.05, 0) is 58.5 Å². The molecule has 1 aliphatic heterocycles. The van der Waals surface area contributed by atoms with Gasteiger partial charge in [0.25, 0.3) is 0 Å². The van der Waals surface area contributed by atoms with Crippen molar-refractivity contribution >= 4 is 75.1 Å². The first-order valence-corrected chi connectivity index (χ1v) is 18.4. The van der Waals surface area contributed by atoms with E-state index in [0.29, 0.717) is 63.0 Å². The number of fused-ring (bicyclic) bond motifs is 2. The summed E-state index contributed by atoms with van der Waals surface area (Å²) in [5.41, 5.74) is 5.71. The third-order valence-corrected chi connectivity index (χ3v) is 10.4. The van der Waals surface area contributed by atoms with Gasteiger partial charge < -0.3 is 40.5 Å². The Balaban J connectivity index is 1.44. The molecule has 0 radical (unpaired) electrons. The van der Waals surface area contributed by atoms with E-state index in [9.17, 15) is 4.57 Å². The van der Waals surface area contributed by atoms with Crippen LogP contribution in [0.15, 0.2) is 55.1 Å². The number of nitrogens with zero attached hydrogens (tertiary/aromatic N) is 6. The number of H-pyrrole nitrogens is 1. The summed E-state index contributed by atoms with van der Waals surface area (Å²) in [6, 6.07) is 10.3. The summed E-state index contributed by atoms with van der Waals surface area (Å²) >= 11 is 0. The molecule has 1 aliphatic rings. The summed E-state index contributed by atoms with van der Waals surface area (Å²) in [5.74, 6) is 1.45. The molecule has 2 aromatic carbocycles. The lowest BCUT2D eigenvalue weighted by Gasteiger charge is -2.44. The number of likely N-dealkylation sites (N-methyl/N-ethyl adjacent to an activating group) is 1. The van der Waals surface area contributed by atoms with Gasteiger partial charge in [-0.25, -0.2) is 0 Å². The average Bonchev–Trinajstić information content (AvgIpc) is 3.54. The normalized spacial score (nSPS) is 17.5. The molecule has 6 rings (SSSR count). The molecule has 48 heavy (non-hydrogen) atoms. The summed E-state index contributed by atoms with van der Waals surface area (Å²) in [5, 5.41) is 19.5. The van der Waals surface area contributed by atoms with Crippen LogP contribution in [0.2, 0.25) is 0 Å². The lowest BCUT2D eigenvalue weighted by atomic mass is 10.00. The molecule has 14 heteroatoms. The van der Waals surface area contributed by atoms with Gasteiger partial charge in [-0.3, -0.25) is 14.9 Å². The van der Waals surface area contributed by atoms with Crippen LogP contribution in [0.4, 0.5) is 28.8 Å². The van der Waals surface area contributed by atoms with Crippen molar-refractivity contribution in [3.8, 4) is 5.75 Å². The Morgan fingerprint density at radius 3 is 2.50 bits per heavy atom. The second-order valence-electron chi connectivity index (χ2n) is 12.5. The molecule has 13 nitrogen and oxygen atoms in total. The molecule has 0 bridgehead atoms. The van der Waals surface area contributed by atoms with Crippen molar-refractivity contribution in [2.45, 2.75) is 25.9 Å². The minimum Gasteiger partial charge on any atom is -0.494 e. The van der Waals surface area contributed by atoms with Crippen LogP contribution in [0.25, 0.3) is 27.6 Å². The summed E-state index contributed by atoms with van der Waals surface area (Å²) in [4.78, 5) is 26.5. The molecular formula is C34H42N11O2P. The number of hydrogen-bond donors (Lipinski definition) is 5. The summed E-state index contributed by atoms with van der Waals surface area (Å²) < 4.78 is 19.5. The van der Waals surface area contributed by atoms with E-state index in [4.69, 9.17) is 20.1 Å². The third kappa shape index (κ3) is 6.31. The molecule has 0 spiro atoms. The van der Waals surface area contributed by atoms with Crippen LogP contribution >= 0.6 is 7.14 Å². The first-order chi connectivity index (χ1) is 23.0. The Labute approximate surface area is 280 Å². The van der Waals surface area contributed by atoms with Crippen molar-refractivity contribution in [3.63, 3.8) is 0 Å². The zero-order valence-corrected chi connectivity index (χ0v) is 29.2. The highest BCUT2D eigenvalue weighted by atomic mass is 31.2. The number of nitrogens with one attached hydrogen (secondary N) is 5. The molecule has 250 valence electrons. The first kappa shape index (κ1) is 32.9. The number of rotatable bonds is 10. The largest absolute Gasteiger partial charge is 0.494 e. The predicted molar refractivity (Wildman–Crippen MR) is 197 cm³/mol. The van der Waals surface area contributed by atoms with E-state index in [0.717, 1.165) is 35.3 Å². The lowest BCUT2D eigenvalue weighted by Crippen LogP contribution is -2.55. The van der Waals surface area contributed by atoms with Crippen molar-refractivity contribution in [3.05, 3.63) is 60.7 Å². The maximum absolute atomic E-state index is 13.6. The van der Waals surface area contributed by atoms with Crippen molar-refractivity contribution in [2.75, 3.05) is 63.2 Å². The highest BCUT2D eigenvalue weighted by Gasteiger charge is 2.29. The smallest absolute Gasteiger partial charge is 0.231 e. The van der Waals surface area contributed by atoms with Crippen molar-refractivity contribution in [1.82, 2.24) is 35.1 Å². The fourth-order valence-electron chi connectivity index (χ4n) is 6.29. The maximum atomic E-state index is 13.6. The minimum absolute atomic E-state index is 0.318. The minimum atomic E-state index is -2.80. The Bertz CT molecular complexity index is 2060. The molecule has 0 unspecified atom stereocenters. The summed E-state index contributed by atoms with van der Waals surface area (Å²) in [7, 11) is 2.82. The zero-order valence-electron chi connectivity index (χ0n) is 28.3. The second-order valence-corrected chi connectivity index (χ2v) is 15.6. The van der Waals surface area contributed by atoms with E-state index in [1.165, 1.54) is 6.21 Å². The van der Waals surface area contributed by atoms with Crippen LogP contribution in [0.5, 0.6) is 5.75 Å². The topological polar surface area (TPSA) is 160 Å². The van der Waals surface area contributed by atoms with E-state index in [2.05, 4.69) is 61.6 Å². The van der Waals surface area contributed by atoms with Gasteiger partial charge in [-0.2, -0.15) is 9.97 Å². The lowest BCUT2D eigenvalue weighted by molar-refractivity contribution is 0.170. The molecule has 5 N–H and O–H groups in total. The van der Waals surface area contributed by atoms with Crippen LogP contribution in [0.1, 0.15) is 19.4 Å². The third-order valence-electron chi connectivity index (χ3n) is 8.85. The molecule has 0 saturated carbocycles. The monoisotopic (exact) mass is 667 g/mol. The molecule has 0 amide bonds. The number of ether oxygens (including phenoxy) is 1. The predicted octanol–water partition coefficient (Wildman–Crippen LogP) is 5.38. The molecular weight excluding hydrogens is 625 g/mol. The van der Waals surface area contributed by atoms with Gasteiger partial charge in [0.1, 0.15) is 29.9 Å². The number of anilines is 5. The van der Waals surface area contributed by atoms with Gasteiger partial charge in [-0.1, -0.05) is 0 Å². The second kappa shape index (κ2) is 13.2. The number of hydrogen-bond acceptors (Lipinski definition) is 12. The highest BCUT2D eigenvalue weighted by molar-refractivity contribution is 7.71. The number of allylic oxidation sites excluding steroid dienone is 1. The van der Waals surface area contributed by atoms with Gasteiger partial charge in [-0.15, -0.1) is 0 Å². The summed E-state index contributed by atoms with van der Waals surface area (Å²) in [6.45, 7) is 9.57. The molecule has 5 aromatic rings. The molecule has 1 saturated heterocycles. The van der Waals surface area contributed by atoms with Gasteiger partial charge >= 0.3 is 0 Å². The highest BCUT2D eigenvalue weighted by Crippen LogP contribution is 2.42. The quantitative estimate of drug-likeness (QED) is 0.0961. The molecule has 3 aromatic heterocycles. The number of aromatic nitrogens is 5. The Hall–Kier alpha value is -5.00. The fraction of sp³-hybridized carbons (Fsp3) is 0.324. The molecule has 4 heterocycles. The van der Waals surface area contributed by atoms with Crippen molar-refractivity contribution < 1.29 is 9.30 Å². The van der Waals surface area contributed by atoms with E-state index in [-0.39, 0.29) is 0 Å². The fourth-order valence-corrected chi connectivity index (χ4v) is 7.68. The van der Waals surface area contributed by atoms with Crippen LogP contribution < -0.4 is 30.9 Å². The summed E-state index contributed by atoms with van der Waals surface area (Å²) in [6.07, 6.45) is 8.20.